The van der Waals surface area contributed by atoms with Gasteiger partial charge in [-0.1, -0.05) is 18.5 Å². The van der Waals surface area contributed by atoms with Crippen molar-refractivity contribution in [1.29, 1.82) is 0 Å². The average Bonchev–Trinajstić information content (AvgIpc) is 2.60. The van der Waals surface area contributed by atoms with Gasteiger partial charge in [0, 0.05) is 24.0 Å². The fourth-order valence-corrected chi connectivity index (χ4v) is 2.23. The first-order valence-corrected chi connectivity index (χ1v) is 7.82. The number of nitrogens with one attached hydrogen (secondary N) is 2. The van der Waals surface area contributed by atoms with Crippen LogP contribution in [0.3, 0.4) is 0 Å². The smallest absolute Gasteiger partial charge is 0.269 e. The minimum absolute atomic E-state index is 0.198. The third-order valence-corrected chi connectivity index (χ3v) is 3.50. The number of hydrogen-bond donors (Lipinski definition) is 2. The van der Waals surface area contributed by atoms with Crippen molar-refractivity contribution < 1.29 is 14.3 Å². The van der Waals surface area contributed by atoms with Crippen LogP contribution in [0, 0.1) is 0 Å². The monoisotopic (exact) mass is 347 g/mol. The molecule has 0 aliphatic heterocycles. The highest BCUT2D eigenvalue weighted by Crippen LogP contribution is 2.27. The Labute approximate surface area is 145 Å². The maximum Gasteiger partial charge on any atom is 0.269 e. The number of aromatic nitrogens is 1. The number of pyridine rings is 1. The molecule has 24 heavy (non-hydrogen) atoms. The van der Waals surface area contributed by atoms with E-state index in [0.29, 0.717) is 28.6 Å². The summed E-state index contributed by atoms with van der Waals surface area (Å²) in [6.07, 6.45) is 2.25. The first kappa shape index (κ1) is 17.7. The number of halogens is 1. The molecule has 2 N–H and O–H groups in total. The predicted octanol–water partition coefficient (Wildman–Crippen LogP) is 3.14. The maximum atomic E-state index is 12.3. The Morgan fingerprint density at radius 3 is 2.67 bits per heavy atom. The van der Waals surface area contributed by atoms with Crippen LogP contribution >= 0.6 is 11.6 Å². The Bertz CT molecular complexity index is 750. The Morgan fingerprint density at radius 1 is 1.21 bits per heavy atom. The standard InChI is InChI=1S/C17H18ClN3O3/c1-3-7-20-17(23)14-9-11(6-8-19-14)16(22)21-12-4-5-15(24-2)13(18)10-12/h4-6,8-10H,3,7H2,1-2H3,(H,20,23)(H,21,22). The number of benzene rings is 1. The first-order valence-electron chi connectivity index (χ1n) is 7.44. The van der Waals surface area contributed by atoms with E-state index < -0.39 is 0 Å². The molecule has 2 rings (SSSR count). The van der Waals surface area contributed by atoms with Crippen LogP contribution < -0.4 is 15.4 Å². The molecule has 2 amide bonds. The van der Waals surface area contributed by atoms with Crippen molar-refractivity contribution >= 4 is 29.1 Å². The lowest BCUT2D eigenvalue weighted by molar-refractivity contribution is 0.0948. The van der Waals surface area contributed by atoms with E-state index in [1.807, 2.05) is 6.92 Å². The predicted molar refractivity (Wildman–Crippen MR) is 92.8 cm³/mol. The lowest BCUT2D eigenvalue weighted by atomic mass is 10.2. The van der Waals surface area contributed by atoms with Crippen LogP contribution in [0.15, 0.2) is 36.5 Å². The molecule has 0 saturated carbocycles. The summed E-state index contributed by atoms with van der Waals surface area (Å²) in [5.41, 5.74) is 1.06. The van der Waals surface area contributed by atoms with Crippen molar-refractivity contribution in [3.05, 3.63) is 52.8 Å². The molecule has 0 aliphatic carbocycles. The number of methoxy groups -OCH3 is 1. The van der Waals surface area contributed by atoms with Crippen LogP contribution in [0.5, 0.6) is 5.75 Å². The van der Waals surface area contributed by atoms with Gasteiger partial charge in [-0.3, -0.25) is 14.6 Å². The summed E-state index contributed by atoms with van der Waals surface area (Å²) < 4.78 is 5.07. The van der Waals surface area contributed by atoms with Gasteiger partial charge >= 0.3 is 0 Å². The first-order chi connectivity index (χ1) is 11.5. The Balaban J connectivity index is 2.12. The minimum Gasteiger partial charge on any atom is -0.495 e. The molecular weight excluding hydrogens is 330 g/mol. The normalized spacial score (nSPS) is 10.1. The summed E-state index contributed by atoms with van der Waals surface area (Å²) in [6, 6.07) is 7.92. The highest BCUT2D eigenvalue weighted by molar-refractivity contribution is 6.32. The molecule has 0 fully saturated rings. The summed E-state index contributed by atoms with van der Waals surface area (Å²) in [5.74, 6) is -0.143. The number of carbonyl (C=O) groups is 2. The van der Waals surface area contributed by atoms with E-state index in [0.717, 1.165) is 6.42 Å². The Hall–Kier alpha value is -2.60. The average molecular weight is 348 g/mol. The van der Waals surface area contributed by atoms with E-state index >= 15 is 0 Å². The zero-order valence-corrected chi connectivity index (χ0v) is 14.2. The van der Waals surface area contributed by atoms with Gasteiger partial charge in [-0.05, 0) is 36.8 Å². The maximum absolute atomic E-state index is 12.3. The molecular formula is C17H18ClN3O3. The number of hydrogen-bond acceptors (Lipinski definition) is 4. The fraction of sp³-hybridized carbons (Fsp3) is 0.235. The van der Waals surface area contributed by atoms with Gasteiger partial charge in [-0.25, -0.2) is 0 Å². The summed E-state index contributed by atoms with van der Waals surface area (Å²) in [4.78, 5) is 28.2. The largest absolute Gasteiger partial charge is 0.495 e. The van der Waals surface area contributed by atoms with Gasteiger partial charge in [0.05, 0.1) is 12.1 Å². The summed E-state index contributed by atoms with van der Waals surface area (Å²) in [7, 11) is 1.52. The van der Waals surface area contributed by atoms with Gasteiger partial charge in [0.2, 0.25) is 0 Å². The molecule has 2 aromatic rings. The van der Waals surface area contributed by atoms with Gasteiger partial charge in [0.1, 0.15) is 11.4 Å². The third-order valence-electron chi connectivity index (χ3n) is 3.20. The number of carbonyl (C=O) groups excluding carboxylic acids is 2. The van der Waals surface area contributed by atoms with E-state index in [1.165, 1.54) is 25.4 Å². The van der Waals surface area contributed by atoms with Crippen LogP contribution in [0.4, 0.5) is 5.69 Å². The molecule has 7 heteroatoms. The molecule has 1 aromatic carbocycles. The molecule has 0 aliphatic rings. The van der Waals surface area contributed by atoms with Gasteiger partial charge < -0.3 is 15.4 Å². The Kier molecular flexibility index (Phi) is 6.14. The highest BCUT2D eigenvalue weighted by Gasteiger charge is 2.12. The quantitative estimate of drug-likeness (QED) is 0.841. The number of rotatable bonds is 6. The lowest BCUT2D eigenvalue weighted by Crippen LogP contribution is -2.25. The van der Waals surface area contributed by atoms with Gasteiger partial charge in [-0.15, -0.1) is 0 Å². The molecule has 0 saturated heterocycles. The van der Waals surface area contributed by atoms with Crippen LogP contribution in [-0.4, -0.2) is 30.5 Å². The van der Waals surface area contributed by atoms with E-state index in [1.54, 1.807) is 18.2 Å². The number of nitrogens with zero attached hydrogens (tertiary/aromatic N) is 1. The molecule has 0 spiro atoms. The van der Waals surface area contributed by atoms with Crippen molar-refractivity contribution in [3.63, 3.8) is 0 Å². The molecule has 0 radical (unpaired) electrons. The molecule has 6 nitrogen and oxygen atoms in total. The SMILES string of the molecule is CCCNC(=O)c1cc(C(=O)Nc2ccc(OC)c(Cl)c2)ccn1. The van der Waals surface area contributed by atoms with Gasteiger partial charge in [-0.2, -0.15) is 0 Å². The second kappa shape index (κ2) is 8.31. The van der Waals surface area contributed by atoms with E-state index in [-0.39, 0.29) is 17.5 Å². The molecule has 1 aromatic heterocycles. The highest BCUT2D eigenvalue weighted by atomic mass is 35.5. The molecule has 0 atom stereocenters. The van der Waals surface area contributed by atoms with Crippen molar-refractivity contribution in [2.24, 2.45) is 0 Å². The molecule has 126 valence electrons. The molecule has 0 bridgehead atoms. The van der Waals surface area contributed by atoms with Crippen LogP contribution in [0.2, 0.25) is 5.02 Å². The summed E-state index contributed by atoms with van der Waals surface area (Å²) in [5, 5.41) is 5.83. The molecule has 0 unspecified atom stereocenters. The summed E-state index contributed by atoms with van der Waals surface area (Å²) >= 11 is 6.04. The van der Waals surface area contributed by atoms with E-state index in [4.69, 9.17) is 16.3 Å². The van der Waals surface area contributed by atoms with E-state index in [9.17, 15) is 9.59 Å². The van der Waals surface area contributed by atoms with Crippen molar-refractivity contribution in [3.8, 4) is 5.75 Å². The number of amides is 2. The van der Waals surface area contributed by atoms with Crippen molar-refractivity contribution in [2.45, 2.75) is 13.3 Å². The number of ether oxygens (including phenoxy) is 1. The van der Waals surface area contributed by atoms with Gasteiger partial charge in [0.25, 0.3) is 11.8 Å². The lowest BCUT2D eigenvalue weighted by Gasteiger charge is -2.09. The van der Waals surface area contributed by atoms with Crippen molar-refractivity contribution in [1.82, 2.24) is 10.3 Å². The second-order valence-electron chi connectivity index (χ2n) is 4.99. The van der Waals surface area contributed by atoms with E-state index in [2.05, 4.69) is 15.6 Å². The van der Waals surface area contributed by atoms with Crippen LogP contribution in [0.1, 0.15) is 34.2 Å². The van der Waals surface area contributed by atoms with Crippen LogP contribution in [-0.2, 0) is 0 Å². The zero-order valence-electron chi connectivity index (χ0n) is 13.4. The fourth-order valence-electron chi connectivity index (χ4n) is 1.97. The van der Waals surface area contributed by atoms with Crippen molar-refractivity contribution in [2.75, 3.05) is 19.0 Å². The third kappa shape index (κ3) is 4.45. The number of anilines is 1. The zero-order chi connectivity index (χ0) is 17.5. The van der Waals surface area contributed by atoms with Gasteiger partial charge in [0.15, 0.2) is 0 Å². The Morgan fingerprint density at radius 2 is 2.00 bits per heavy atom. The second-order valence-corrected chi connectivity index (χ2v) is 5.40. The minimum atomic E-state index is -0.358. The summed E-state index contributed by atoms with van der Waals surface area (Å²) in [6.45, 7) is 2.51. The topological polar surface area (TPSA) is 80.3 Å². The molecule has 1 heterocycles. The van der Waals surface area contributed by atoms with Crippen LogP contribution in [0.25, 0.3) is 0 Å².